The standard InChI is InChI=1S/C19H16F2N4O2/c20-19(21)7-5-14(6-8-19)17-3-4-18(27)25(24-17)12-16(26)9-13-1-2-15(10-22)23-11-13/h1-5,11H,6-9,12H2. The molecule has 0 aliphatic heterocycles. The summed E-state index contributed by atoms with van der Waals surface area (Å²) in [5.74, 6) is -2.96. The van der Waals surface area contributed by atoms with Crippen LogP contribution in [0.25, 0.3) is 5.57 Å². The molecule has 2 aromatic rings. The molecular formula is C19H16F2N4O2. The van der Waals surface area contributed by atoms with Gasteiger partial charge in [0.1, 0.15) is 18.3 Å². The van der Waals surface area contributed by atoms with Gasteiger partial charge in [-0.05, 0) is 29.7 Å². The quantitative estimate of drug-likeness (QED) is 0.807. The number of hydrogen-bond donors (Lipinski definition) is 0. The molecule has 0 saturated carbocycles. The molecule has 0 bridgehead atoms. The number of aromatic nitrogens is 3. The van der Waals surface area contributed by atoms with E-state index in [1.807, 2.05) is 6.07 Å². The van der Waals surface area contributed by atoms with Gasteiger partial charge in [-0.1, -0.05) is 12.1 Å². The monoisotopic (exact) mass is 370 g/mol. The first-order chi connectivity index (χ1) is 12.9. The summed E-state index contributed by atoms with van der Waals surface area (Å²) in [6.45, 7) is -0.226. The van der Waals surface area contributed by atoms with Crippen LogP contribution in [0.4, 0.5) is 8.78 Å². The van der Waals surface area contributed by atoms with Crippen LogP contribution >= 0.6 is 0 Å². The molecule has 3 rings (SSSR count). The zero-order valence-corrected chi connectivity index (χ0v) is 14.4. The maximum atomic E-state index is 13.3. The van der Waals surface area contributed by atoms with Gasteiger partial charge >= 0.3 is 0 Å². The van der Waals surface area contributed by atoms with Gasteiger partial charge in [-0.2, -0.15) is 10.4 Å². The Morgan fingerprint density at radius 2 is 2.11 bits per heavy atom. The van der Waals surface area contributed by atoms with Crippen molar-refractivity contribution in [3.05, 3.63) is 63.8 Å². The van der Waals surface area contributed by atoms with Gasteiger partial charge in [0.25, 0.3) is 11.5 Å². The maximum Gasteiger partial charge on any atom is 0.267 e. The molecule has 0 aromatic carbocycles. The summed E-state index contributed by atoms with van der Waals surface area (Å²) in [6, 6.07) is 7.81. The third-order valence-electron chi connectivity index (χ3n) is 4.27. The van der Waals surface area contributed by atoms with E-state index in [0.717, 1.165) is 4.68 Å². The number of ketones is 1. The zero-order chi connectivity index (χ0) is 19.4. The highest BCUT2D eigenvalue weighted by atomic mass is 19.3. The van der Waals surface area contributed by atoms with Crippen molar-refractivity contribution in [2.45, 2.75) is 38.2 Å². The van der Waals surface area contributed by atoms with Crippen molar-refractivity contribution in [1.82, 2.24) is 14.8 Å². The fourth-order valence-electron chi connectivity index (χ4n) is 2.81. The largest absolute Gasteiger partial charge is 0.297 e. The molecule has 27 heavy (non-hydrogen) atoms. The average Bonchev–Trinajstić information content (AvgIpc) is 2.64. The van der Waals surface area contributed by atoms with E-state index in [-0.39, 0.29) is 43.7 Å². The minimum absolute atomic E-state index is 0.0476. The Kier molecular flexibility index (Phi) is 5.21. The number of carbonyl (C=O) groups excluding carboxylic acids is 1. The first kappa shape index (κ1) is 18.6. The number of pyridine rings is 1. The van der Waals surface area contributed by atoms with Crippen LogP contribution in [0.2, 0.25) is 0 Å². The van der Waals surface area contributed by atoms with Crippen LogP contribution in [0.15, 0.2) is 41.3 Å². The topological polar surface area (TPSA) is 88.6 Å². The molecule has 0 atom stereocenters. The molecule has 0 amide bonds. The van der Waals surface area contributed by atoms with E-state index < -0.39 is 11.5 Å². The SMILES string of the molecule is N#Cc1ccc(CC(=O)Cn2nc(C3=CCC(F)(F)CC3)ccc2=O)cn1. The van der Waals surface area contributed by atoms with Crippen LogP contribution in [-0.2, 0) is 17.8 Å². The number of rotatable bonds is 5. The summed E-state index contributed by atoms with van der Waals surface area (Å²) in [7, 11) is 0. The van der Waals surface area contributed by atoms with E-state index in [9.17, 15) is 18.4 Å². The Morgan fingerprint density at radius 1 is 1.30 bits per heavy atom. The van der Waals surface area contributed by atoms with E-state index in [1.165, 1.54) is 30.5 Å². The van der Waals surface area contributed by atoms with E-state index in [1.54, 1.807) is 6.07 Å². The van der Waals surface area contributed by atoms with Gasteiger partial charge in [-0.25, -0.2) is 18.4 Å². The number of nitrogens with zero attached hydrogens (tertiary/aromatic N) is 4. The number of hydrogen-bond acceptors (Lipinski definition) is 5. The van der Waals surface area contributed by atoms with Crippen LogP contribution in [0.5, 0.6) is 0 Å². The molecule has 0 spiro atoms. The van der Waals surface area contributed by atoms with Crippen LogP contribution in [0.1, 0.15) is 36.2 Å². The molecule has 0 saturated heterocycles. The predicted molar refractivity (Wildman–Crippen MR) is 92.9 cm³/mol. The highest BCUT2D eigenvalue weighted by molar-refractivity contribution is 5.80. The zero-order valence-electron chi connectivity index (χ0n) is 14.4. The Labute approximate surface area is 153 Å². The molecule has 6 nitrogen and oxygen atoms in total. The highest BCUT2D eigenvalue weighted by Crippen LogP contribution is 2.35. The van der Waals surface area contributed by atoms with Crippen LogP contribution < -0.4 is 5.56 Å². The van der Waals surface area contributed by atoms with E-state index in [0.29, 0.717) is 16.8 Å². The van der Waals surface area contributed by atoms with Crippen molar-refractivity contribution >= 4 is 11.4 Å². The normalized spacial score (nSPS) is 15.7. The summed E-state index contributed by atoms with van der Waals surface area (Å²) in [5, 5.41) is 12.9. The number of Topliss-reactive ketones (excluding diaryl/α,β-unsaturated/α-hetero) is 1. The van der Waals surface area contributed by atoms with Gasteiger partial charge in [-0.3, -0.25) is 9.59 Å². The third-order valence-corrected chi connectivity index (χ3v) is 4.27. The summed E-state index contributed by atoms with van der Waals surface area (Å²) >= 11 is 0. The average molecular weight is 370 g/mol. The van der Waals surface area contributed by atoms with E-state index in [4.69, 9.17) is 5.26 Å². The van der Waals surface area contributed by atoms with Gasteiger partial charge in [0, 0.05) is 31.5 Å². The lowest BCUT2D eigenvalue weighted by atomic mass is 9.94. The number of halogens is 2. The minimum atomic E-state index is -2.71. The smallest absolute Gasteiger partial charge is 0.267 e. The second-order valence-electron chi connectivity index (χ2n) is 6.38. The molecule has 0 fully saturated rings. The molecule has 0 radical (unpaired) electrons. The van der Waals surface area contributed by atoms with Crippen LogP contribution in [0.3, 0.4) is 0 Å². The second-order valence-corrected chi connectivity index (χ2v) is 6.38. The number of allylic oxidation sites excluding steroid dienone is 2. The molecule has 0 unspecified atom stereocenters. The van der Waals surface area contributed by atoms with E-state index in [2.05, 4.69) is 10.1 Å². The summed E-state index contributed by atoms with van der Waals surface area (Å²) in [4.78, 5) is 28.1. The Balaban J connectivity index is 1.73. The predicted octanol–water partition coefficient (Wildman–Crippen LogP) is 2.52. The molecule has 1 aliphatic rings. The van der Waals surface area contributed by atoms with Crippen LogP contribution in [-0.4, -0.2) is 26.5 Å². The number of carbonyl (C=O) groups is 1. The lowest BCUT2D eigenvalue weighted by Crippen LogP contribution is -2.28. The van der Waals surface area contributed by atoms with E-state index >= 15 is 0 Å². The molecular weight excluding hydrogens is 354 g/mol. The Bertz CT molecular complexity index is 988. The van der Waals surface area contributed by atoms with Crippen molar-refractivity contribution in [3.8, 4) is 6.07 Å². The molecule has 8 heteroatoms. The first-order valence-electron chi connectivity index (χ1n) is 8.38. The molecule has 2 heterocycles. The fourth-order valence-corrected chi connectivity index (χ4v) is 2.81. The minimum Gasteiger partial charge on any atom is -0.297 e. The summed E-state index contributed by atoms with van der Waals surface area (Å²) < 4.78 is 27.6. The fraction of sp³-hybridized carbons (Fsp3) is 0.316. The molecule has 138 valence electrons. The highest BCUT2D eigenvalue weighted by Gasteiger charge is 2.31. The van der Waals surface area contributed by atoms with Crippen molar-refractivity contribution in [2.75, 3.05) is 0 Å². The van der Waals surface area contributed by atoms with Crippen molar-refractivity contribution in [2.24, 2.45) is 0 Å². The summed E-state index contributed by atoms with van der Waals surface area (Å²) in [5.41, 5.74) is 1.52. The Hall–Kier alpha value is -3.21. The lowest BCUT2D eigenvalue weighted by molar-refractivity contribution is -0.119. The first-order valence-corrected chi connectivity index (χ1v) is 8.38. The molecule has 1 aliphatic carbocycles. The van der Waals surface area contributed by atoms with Gasteiger partial charge in [0.2, 0.25) is 0 Å². The lowest BCUT2D eigenvalue weighted by Gasteiger charge is -2.21. The third kappa shape index (κ3) is 4.70. The number of alkyl halides is 2. The van der Waals surface area contributed by atoms with Crippen molar-refractivity contribution in [3.63, 3.8) is 0 Å². The van der Waals surface area contributed by atoms with Crippen LogP contribution in [0, 0.1) is 11.3 Å². The van der Waals surface area contributed by atoms with Gasteiger partial charge in [0.15, 0.2) is 5.78 Å². The van der Waals surface area contributed by atoms with Gasteiger partial charge < -0.3 is 0 Å². The van der Waals surface area contributed by atoms with Crippen molar-refractivity contribution < 1.29 is 13.6 Å². The molecule has 0 N–H and O–H groups in total. The van der Waals surface area contributed by atoms with Gasteiger partial charge in [-0.15, -0.1) is 0 Å². The van der Waals surface area contributed by atoms with Crippen molar-refractivity contribution in [1.29, 1.82) is 5.26 Å². The Morgan fingerprint density at radius 3 is 2.74 bits per heavy atom. The maximum absolute atomic E-state index is 13.3. The summed E-state index contributed by atoms with van der Waals surface area (Å²) in [6.07, 6.45) is 2.48. The van der Waals surface area contributed by atoms with Gasteiger partial charge in [0.05, 0.1) is 5.69 Å². The molecule has 2 aromatic heterocycles. The number of nitriles is 1. The second kappa shape index (κ2) is 7.58.